The summed E-state index contributed by atoms with van der Waals surface area (Å²) in [6.07, 6.45) is 1.36. The summed E-state index contributed by atoms with van der Waals surface area (Å²) in [6, 6.07) is 9.03. The van der Waals surface area contributed by atoms with E-state index in [1.807, 2.05) is 6.07 Å². The Morgan fingerprint density at radius 1 is 1.32 bits per heavy atom. The molecule has 0 fully saturated rings. The zero-order valence-corrected chi connectivity index (χ0v) is 13.0. The molecule has 0 aliphatic carbocycles. The molecule has 0 saturated carbocycles. The maximum atomic E-state index is 11.5. The Kier molecular flexibility index (Phi) is 8.31. The minimum absolute atomic E-state index is 0.00503. The number of nitrogens with one attached hydrogen (secondary N) is 2. The summed E-state index contributed by atoms with van der Waals surface area (Å²) >= 11 is 5.46. The van der Waals surface area contributed by atoms with Crippen molar-refractivity contribution in [3.05, 3.63) is 36.0 Å². The molecule has 1 amide bonds. The standard InChI is InChI=1S/C15H18ClN3O3/c1-21-13-2-4-14(5-3-13)22-9-8-18-11-12(10-17)15(20)19-7-6-16/h2-5,11,18H,6-9H2,1H3,(H,19,20)/b12-11-. The largest absolute Gasteiger partial charge is 0.497 e. The van der Waals surface area contributed by atoms with E-state index in [-0.39, 0.29) is 5.57 Å². The molecule has 0 radical (unpaired) electrons. The second-order valence-electron chi connectivity index (χ2n) is 4.09. The summed E-state index contributed by atoms with van der Waals surface area (Å²) < 4.78 is 10.5. The lowest BCUT2D eigenvalue weighted by molar-refractivity contribution is -0.117. The van der Waals surface area contributed by atoms with Crippen LogP contribution in [0.15, 0.2) is 36.0 Å². The molecule has 0 heterocycles. The van der Waals surface area contributed by atoms with E-state index in [4.69, 9.17) is 26.3 Å². The molecule has 0 bridgehead atoms. The van der Waals surface area contributed by atoms with E-state index in [2.05, 4.69) is 10.6 Å². The highest BCUT2D eigenvalue weighted by molar-refractivity contribution is 6.18. The van der Waals surface area contributed by atoms with Crippen molar-refractivity contribution in [1.82, 2.24) is 10.6 Å². The van der Waals surface area contributed by atoms with E-state index in [9.17, 15) is 4.79 Å². The van der Waals surface area contributed by atoms with Crippen molar-refractivity contribution in [2.45, 2.75) is 0 Å². The van der Waals surface area contributed by atoms with Crippen LogP contribution in [0.5, 0.6) is 11.5 Å². The fraction of sp³-hybridized carbons (Fsp3) is 0.333. The minimum atomic E-state index is -0.452. The van der Waals surface area contributed by atoms with Gasteiger partial charge in [-0.1, -0.05) is 0 Å². The predicted molar refractivity (Wildman–Crippen MR) is 83.9 cm³/mol. The van der Waals surface area contributed by atoms with E-state index < -0.39 is 5.91 Å². The van der Waals surface area contributed by atoms with Gasteiger partial charge >= 0.3 is 0 Å². The van der Waals surface area contributed by atoms with Crippen LogP contribution in [0.25, 0.3) is 0 Å². The Bertz CT molecular complexity index is 538. The van der Waals surface area contributed by atoms with Crippen molar-refractivity contribution in [2.75, 3.05) is 32.7 Å². The Hall–Kier alpha value is -2.39. The first-order chi connectivity index (χ1) is 10.7. The van der Waals surface area contributed by atoms with Gasteiger partial charge in [0.05, 0.1) is 7.11 Å². The molecule has 0 unspecified atom stereocenters. The number of carbonyl (C=O) groups is 1. The molecule has 0 aliphatic heterocycles. The molecule has 0 atom stereocenters. The van der Waals surface area contributed by atoms with Crippen LogP contribution in [0.2, 0.25) is 0 Å². The number of hydrogen-bond acceptors (Lipinski definition) is 5. The second kappa shape index (κ2) is 10.4. The number of ether oxygens (including phenoxy) is 2. The van der Waals surface area contributed by atoms with Gasteiger partial charge in [-0.2, -0.15) is 5.26 Å². The fourth-order valence-electron chi connectivity index (χ4n) is 1.48. The molecule has 1 aromatic carbocycles. The smallest absolute Gasteiger partial charge is 0.263 e. The number of amides is 1. The number of halogens is 1. The summed E-state index contributed by atoms with van der Waals surface area (Å²) in [5.41, 5.74) is -0.00503. The van der Waals surface area contributed by atoms with Crippen LogP contribution in [0.1, 0.15) is 0 Å². The summed E-state index contributed by atoms with van der Waals surface area (Å²) in [5, 5.41) is 14.3. The predicted octanol–water partition coefficient (Wildman–Crippen LogP) is 1.43. The lowest BCUT2D eigenvalue weighted by Gasteiger charge is -2.07. The average Bonchev–Trinajstić information content (AvgIpc) is 2.56. The summed E-state index contributed by atoms with van der Waals surface area (Å²) in [4.78, 5) is 11.5. The van der Waals surface area contributed by atoms with Crippen LogP contribution in [0.3, 0.4) is 0 Å². The van der Waals surface area contributed by atoms with E-state index in [1.54, 1.807) is 31.4 Å². The van der Waals surface area contributed by atoms with Crippen molar-refractivity contribution < 1.29 is 14.3 Å². The Morgan fingerprint density at radius 2 is 2.00 bits per heavy atom. The van der Waals surface area contributed by atoms with Crippen LogP contribution in [0, 0.1) is 11.3 Å². The molecular formula is C15H18ClN3O3. The minimum Gasteiger partial charge on any atom is -0.497 e. The van der Waals surface area contributed by atoms with E-state index >= 15 is 0 Å². The van der Waals surface area contributed by atoms with Crippen molar-refractivity contribution in [3.8, 4) is 17.6 Å². The molecule has 7 heteroatoms. The fourth-order valence-corrected chi connectivity index (χ4v) is 1.57. The van der Waals surface area contributed by atoms with E-state index in [0.717, 1.165) is 5.75 Å². The lowest BCUT2D eigenvalue weighted by Crippen LogP contribution is -2.27. The topological polar surface area (TPSA) is 83.4 Å². The molecule has 2 N–H and O–H groups in total. The molecule has 0 spiro atoms. The number of hydrogen-bond donors (Lipinski definition) is 2. The van der Waals surface area contributed by atoms with Crippen LogP contribution in [0.4, 0.5) is 0 Å². The van der Waals surface area contributed by atoms with Crippen LogP contribution in [-0.2, 0) is 4.79 Å². The monoisotopic (exact) mass is 323 g/mol. The van der Waals surface area contributed by atoms with Gasteiger partial charge in [0.15, 0.2) is 0 Å². The number of alkyl halides is 1. The SMILES string of the molecule is COc1ccc(OCCN/C=C(/C#N)C(=O)NCCCl)cc1. The Morgan fingerprint density at radius 3 is 2.59 bits per heavy atom. The maximum absolute atomic E-state index is 11.5. The molecule has 0 saturated heterocycles. The number of methoxy groups -OCH3 is 1. The molecule has 1 rings (SSSR count). The summed E-state index contributed by atoms with van der Waals surface area (Å²) in [5.74, 6) is 1.32. The van der Waals surface area contributed by atoms with Crippen molar-refractivity contribution in [2.24, 2.45) is 0 Å². The first-order valence-electron chi connectivity index (χ1n) is 6.66. The number of carbonyl (C=O) groups excluding carboxylic acids is 1. The highest BCUT2D eigenvalue weighted by Gasteiger charge is 2.06. The van der Waals surface area contributed by atoms with E-state index in [0.29, 0.717) is 31.3 Å². The summed E-state index contributed by atoms with van der Waals surface area (Å²) in [7, 11) is 1.60. The third kappa shape index (κ3) is 6.37. The van der Waals surface area contributed by atoms with Gasteiger partial charge < -0.3 is 20.1 Å². The van der Waals surface area contributed by atoms with Gasteiger partial charge in [-0.15, -0.1) is 11.6 Å². The zero-order valence-electron chi connectivity index (χ0n) is 12.3. The molecule has 1 aromatic rings. The quantitative estimate of drug-likeness (QED) is 0.311. The molecule has 6 nitrogen and oxygen atoms in total. The van der Waals surface area contributed by atoms with Gasteiger partial charge in [0.25, 0.3) is 5.91 Å². The third-order valence-electron chi connectivity index (χ3n) is 2.57. The number of nitrogens with zero attached hydrogens (tertiary/aromatic N) is 1. The van der Waals surface area contributed by atoms with E-state index in [1.165, 1.54) is 6.20 Å². The van der Waals surface area contributed by atoms with Gasteiger partial charge in [0.1, 0.15) is 29.7 Å². The normalized spacial score (nSPS) is 10.5. The molecule has 0 aromatic heterocycles. The Labute approximate surface area is 134 Å². The van der Waals surface area contributed by atoms with Gasteiger partial charge in [-0.3, -0.25) is 4.79 Å². The first kappa shape index (κ1) is 17.7. The average molecular weight is 324 g/mol. The van der Waals surface area contributed by atoms with Gasteiger partial charge in [-0.25, -0.2) is 0 Å². The van der Waals surface area contributed by atoms with Gasteiger partial charge in [-0.05, 0) is 24.3 Å². The number of rotatable bonds is 9. The lowest BCUT2D eigenvalue weighted by atomic mass is 10.3. The highest BCUT2D eigenvalue weighted by atomic mass is 35.5. The summed E-state index contributed by atoms with van der Waals surface area (Å²) in [6.45, 7) is 1.17. The van der Waals surface area contributed by atoms with Gasteiger partial charge in [0, 0.05) is 25.2 Å². The van der Waals surface area contributed by atoms with Crippen LogP contribution < -0.4 is 20.1 Å². The maximum Gasteiger partial charge on any atom is 0.263 e. The van der Waals surface area contributed by atoms with Gasteiger partial charge in [0.2, 0.25) is 0 Å². The van der Waals surface area contributed by atoms with Crippen LogP contribution >= 0.6 is 11.6 Å². The third-order valence-corrected chi connectivity index (χ3v) is 2.76. The number of nitriles is 1. The first-order valence-corrected chi connectivity index (χ1v) is 7.19. The molecule has 22 heavy (non-hydrogen) atoms. The Balaban J connectivity index is 2.31. The molecule has 118 valence electrons. The molecule has 0 aliphatic rings. The second-order valence-corrected chi connectivity index (χ2v) is 4.47. The zero-order chi connectivity index (χ0) is 16.2. The number of benzene rings is 1. The van der Waals surface area contributed by atoms with Crippen molar-refractivity contribution in [1.29, 1.82) is 5.26 Å². The molecular weight excluding hydrogens is 306 g/mol. The highest BCUT2D eigenvalue weighted by Crippen LogP contribution is 2.16. The van der Waals surface area contributed by atoms with Crippen molar-refractivity contribution in [3.63, 3.8) is 0 Å². The van der Waals surface area contributed by atoms with Crippen molar-refractivity contribution >= 4 is 17.5 Å². The van der Waals surface area contributed by atoms with Crippen LogP contribution in [-0.4, -0.2) is 38.6 Å².